The van der Waals surface area contributed by atoms with E-state index in [0.29, 0.717) is 18.2 Å². The van der Waals surface area contributed by atoms with Crippen molar-refractivity contribution in [2.75, 3.05) is 0 Å². The molecule has 1 N–H and O–H groups in total. The van der Waals surface area contributed by atoms with Crippen LogP contribution in [-0.2, 0) is 10.2 Å². The normalized spacial score (nSPS) is 26.5. The molecular formula is C10H6F4O2. The van der Waals surface area contributed by atoms with Crippen molar-refractivity contribution in [3.05, 3.63) is 35.4 Å². The van der Waals surface area contributed by atoms with Crippen molar-refractivity contribution in [3.63, 3.8) is 0 Å². The van der Waals surface area contributed by atoms with Gasteiger partial charge in [-0.25, -0.2) is 17.6 Å². The van der Waals surface area contributed by atoms with Crippen molar-refractivity contribution < 1.29 is 27.5 Å². The van der Waals surface area contributed by atoms with Gasteiger partial charge in [-0.05, 0) is 17.7 Å². The van der Waals surface area contributed by atoms with Crippen molar-refractivity contribution in [1.82, 2.24) is 0 Å². The number of carboxylic acid groups (broad SMARTS) is 1. The summed E-state index contributed by atoms with van der Waals surface area (Å²) in [6.07, 6.45) is -0.932. The van der Waals surface area contributed by atoms with Gasteiger partial charge in [0.25, 0.3) is 5.92 Å². The maximum absolute atomic E-state index is 13.0. The zero-order chi connectivity index (χ0) is 12.1. The van der Waals surface area contributed by atoms with E-state index in [1.807, 2.05) is 0 Å². The molecule has 1 fully saturated rings. The van der Waals surface area contributed by atoms with Crippen molar-refractivity contribution >= 4 is 5.97 Å². The molecule has 0 heterocycles. The highest BCUT2D eigenvalue weighted by Crippen LogP contribution is 2.61. The van der Waals surface area contributed by atoms with Crippen LogP contribution in [0.4, 0.5) is 17.6 Å². The molecule has 0 radical (unpaired) electrons. The highest BCUT2D eigenvalue weighted by Gasteiger charge is 2.77. The minimum atomic E-state index is -3.46. The average Bonchev–Trinajstić information content (AvgIpc) is 2.69. The fraction of sp³-hybridized carbons (Fsp3) is 0.300. The third kappa shape index (κ3) is 1.29. The molecular weight excluding hydrogens is 228 g/mol. The van der Waals surface area contributed by atoms with Gasteiger partial charge in [0, 0.05) is 12.5 Å². The minimum absolute atomic E-state index is 0.500. The molecule has 1 unspecified atom stereocenters. The predicted molar refractivity (Wildman–Crippen MR) is 45.2 cm³/mol. The number of alkyl halides is 2. The maximum Gasteiger partial charge on any atom is 0.320 e. The van der Waals surface area contributed by atoms with E-state index >= 15 is 0 Å². The summed E-state index contributed by atoms with van der Waals surface area (Å²) >= 11 is 0. The number of hydrogen-bond donors (Lipinski definition) is 1. The number of carbonyl (C=O) groups is 1. The van der Waals surface area contributed by atoms with Crippen molar-refractivity contribution in [2.24, 2.45) is 0 Å². The summed E-state index contributed by atoms with van der Waals surface area (Å²) in [6.45, 7) is 0. The molecule has 86 valence electrons. The Balaban J connectivity index is 2.55. The Kier molecular flexibility index (Phi) is 2.02. The maximum atomic E-state index is 13.0. The Hall–Kier alpha value is -1.59. The minimum Gasteiger partial charge on any atom is -0.480 e. The topological polar surface area (TPSA) is 37.3 Å². The van der Waals surface area contributed by atoms with E-state index in [2.05, 4.69) is 0 Å². The molecule has 1 aliphatic carbocycles. The molecule has 1 saturated carbocycles. The van der Waals surface area contributed by atoms with Gasteiger partial charge in [-0.1, -0.05) is 0 Å². The molecule has 1 aromatic rings. The Morgan fingerprint density at radius 3 is 1.94 bits per heavy atom. The summed E-state index contributed by atoms with van der Waals surface area (Å²) in [5.74, 6) is -7.38. The zero-order valence-corrected chi connectivity index (χ0v) is 7.81. The van der Waals surface area contributed by atoms with E-state index in [0.717, 1.165) is 0 Å². The van der Waals surface area contributed by atoms with Crippen LogP contribution in [0.3, 0.4) is 0 Å². The van der Waals surface area contributed by atoms with E-state index in [1.54, 1.807) is 0 Å². The average molecular weight is 234 g/mol. The second-order valence-electron chi connectivity index (χ2n) is 3.75. The summed E-state index contributed by atoms with van der Waals surface area (Å²) < 4.78 is 51.7. The van der Waals surface area contributed by atoms with E-state index in [9.17, 15) is 22.4 Å². The van der Waals surface area contributed by atoms with Crippen LogP contribution in [0.2, 0.25) is 0 Å². The van der Waals surface area contributed by atoms with Crippen molar-refractivity contribution in [3.8, 4) is 0 Å². The summed E-state index contributed by atoms with van der Waals surface area (Å²) in [5.41, 5.74) is -3.02. The lowest BCUT2D eigenvalue weighted by Crippen LogP contribution is -2.27. The van der Waals surface area contributed by atoms with E-state index in [1.165, 1.54) is 0 Å². The fourth-order valence-corrected chi connectivity index (χ4v) is 1.76. The van der Waals surface area contributed by atoms with E-state index < -0.39 is 40.9 Å². The first-order chi connectivity index (χ1) is 7.29. The first-order valence-corrected chi connectivity index (χ1v) is 4.37. The molecule has 0 saturated heterocycles. The molecule has 6 heteroatoms. The largest absolute Gasteiger partial charge is 0.480 e. The van der Waals surface area contributed by atoms with Crippen LogP contribution in [0.5, 0.6) is 0 Å². The van der Waals surface area contributed by atoms with Gasteiger partial charge in [0.1, 0.15) is 11.6 Å². The van der Waals surface area contributed by atoms with Crippen molar-refractivity contribution in [1.29, 1.82) is 0 Å². The third-order valence-corrected chi connectivity index (χ3v) is 2.71. The third-order valence-electron chi connectivity index (χ3n) is 2.71. The summed E-state index contributed by atoms with van der Waals surface area (Å²) in [6, 6.07) is 1.75. The smallest absolute Gasteiger partial charge is 0.320 e. The van der Waals surface area contributed by atoms with Crippen molar-refractivity contribution in [2.45, 2.75) is 17.8 Å². The first-order valence-electron chi connectivity index (χ1n) is 4.37. The Morgan fingerprint density at radius 2 is 1.62 bits per heavy atom. The number of halogens is 4. The van der Waals surface area contributed by atoms with Crippen LogP contribution in [0.1, 0.15) is 12.0 Å². The molecule has 1 aliphatic rings. The first kappa shape index (κ1) is 10.9. The fourth-order valence-electron chi connectivity index (χ4n) is 1.76. The number of carboxylic acids is 1. The van der Waals surface area contributed by atoms with E-state index in [4.69, 9.17) is 5.11 Å². The molecule has 1 aromatic carbocycles. The number of rotatable bonds is 2. The predicted octanol–water partition coefficient (Wildman–Crippen LogP) is 2.33. The van der Waals surface area contributed by atoms with Crippen LogP contribution in [-0.4, -0.2) is 17.0 Å². The van der Waals surface area contributed by atoms with Gasteiger partial charge < -0.3 is 5.11 Å². The van der Waals surface area contributed by atoms with Crippen LogP contribution < -0.4 is 0 Å². The molecule has 0 spiro atoms. The van der Waals surface area contributed by atoms with E-state index in [-0.39, 0.29) is 0 Å². The lowest BCUT2D eigenvalue weighted by Gasteiger charge is -2.11. The molecule has 1 atom stereocenters. The van der Waals surface area contributed by atoms with Gasteiger partial charge in [0.05, 0.1) is 0 Å². The van der Waals surface area contributed by atoms with Gasteiger partial charge in [-0.2, -0.15) is 0 Å². The molecule has 2 nitrogen and oxygen atoms in total. The lowest BCUT2D eigenvalue weighted by atomic mass is 9.95. The summed E-state index contributed by atoms with van der Waals surface area (Å²) in [5, 5.41) is 8.75. The van der Waals surface area contributed by atoms with Crippen LogP contribution >= 0.6 is 0 Å². The second kappa shape index (κ2) is 2.96. The van der Waals surface area contributed by atoms with Gasteiger partial charge in [0.15, 0.2) is 5.41 Å². The summed E-state index contributed by atoms with van der Waals surface area (Å²) in [4.78, 5) is 10.8. The van der Waals surface area contributed by atoms with Gasteiger partial charge in [-0.3, -0.25) is 4.79 Å². The quantitative estimate of drug-likeness (QED) is 0.797. The molecule has 0 aromatic heterocycles. The second-order valence-corrected chi connectivity index (χ2v) is 3.75. The van der Waals surface area contributed by atoms with Gasteiger partial charge in [0.2, 0.25) is 0 Å². The number of aliphatic carboxylic acids is 1. The highest BCUT2D eigenvalue weighted by atomic mass is 19.3. The van der Waals surface area contributed by atoms with Gasteiger partial charge in [-0.15, -0.1) is 0 Å². The van der Waals surface area contributed by atoms with Gasteiger partial charge >= 0.3 is 5.97 Å². The SMILES string of the molecule is O=C(O)C1(c2cc(F)cc(F)c2)CC1(F)F. The van der Waals surface area contributed by atoms with Crippen LogP contribution in [0.15, 0.2) is 18.2 Å². The lowest BCUT2D eigenvalue weighted by molar-refractivity contribution is -0.142. The molecule has 16 heavy (non-hydrogen) atoms. The molecule has 0 bridgehead atoms. The monoisotopic (exact) mass is 234 g/mol. The zero-order valence-electron chi connectivity index (χ0n) is 7.81. The number of benzene rings is 1. The number of hydrogen-bond acceptors (Lipinski definition) is 1. The van der Waals surface area contributed by atoms with Crippen LogP contribution in [0.25, 0.3) is 0 Å². The van der Waals surface area contributed by atoms with Crippen LogP contribution in [0, 0.1) is 11.6 Å². The Bertz CT molecular complexity index is 452. The Labute approximate surface area is 87.5 Å². The standard InChI is InChI=1S/C10H6F4O2/c11-6-1-5(2-7(12)3-6)9(8(15)16)4-10(9,13)14/h1-3H,4H2,(H,15,16). The summed E-state index contributed by atoms with van der Waals surface area (Å²) in [7, 11) is 0. The highest BCUT2D eigenvalue weighted by molar-refractivity contribution is 5.87. The Morgan fingerprint density at radius 1 is 1.19 bits per heavy atom. The molecule has 0 aliphatic heterocycles. The molecule has 0 amide bonds. The molecule has 2 rings (SSSR count).